The first kappa shape index (κ1) is 15.3. The lowest BCUT2D eigenvalue weighted by molar-refractivity contribution is 0.120. The van der Waals surface area contributed by atoms with Gasteiger partial charge in [0.25, 0.3) is 0 Å². The molecule has 1 unspecified atom stereocenters. The van der Waals surface area contributed by atoms with Gasteiger partial charge in [-0.05, 0) is 25.0 Å². The molecule has 1 fully saturated rings. The molecule has 1 aliphatic rings. The summed E-state index contributed by atoms with van der Waals surface area (Å²) in [6.07, 6.45) is 3.95. The van der Waals surface area contributed by atoms with Crippen LogP contribution in [-0.2, 0) is 4.74 Å². The fraction of sp³-hybridized carbons (Fsp3) is 0.333. The highest BCUT2D eigenvalue weighted by Crippen LogP contribution is 2.32. The number of anilines is 3. The van der Waals surface area contributed by atoms with Gasteiger partial charge < -0.3 is 15.4 Å². The molecule has 1 aromatic carbocycles. The topological polar surface area (TPSA) is 59.1 Å². The summed E-state index contributed by atoms with van der Waals surface area (Å²) in [6.45, 7) is 1.58. The Morgan fingerprint density at radius 1 is 1.18 bits per heavy atom. The second-order valence-electron chi connectivity index (χ2n) is 5.03. The van der Waals surface area contributed by atoms with Gasteiger partial charge in [0.05, 0.1) is 21.8 Å². The molecule has 2 aromatic rings. The Balaban J connectivity index is 1.68. The van der Waals surface area contributed by atoms with E-state index >= 15 is 0 Å². The van der Waals surface area contributed by atoms with Crippen LogP contribution >= 0.6 is 23.2 Å². The van der Waals surface area contributed by atoms with E-state index in [9.17, 15) is 0 Å². The van der Waals surface area contributed by atoms with E-state index in [-0.39, 0.29) is 6.10 Å². The van der Waals surface area contributed by atoms with E-state index < -0.39 is 0 Å². The number of aromatic nitrogens is 2. The molecule has 22 heavy (non-hydrogen) atoms. The van der Waals surface area contributed by atoms with E-state index in [4.69, 9.17) is 27.9 Å². The van der Waals surface area contributed by atoms with Crippen LogP contribution in [0, 0.1) is 0 Å². The number of nitrogens with one attached hydrogen (secondary N) is 2. The number of benzene rings is 1. The molecule has 1 atom stereocenters. The molecule has 0 bridgehead atoms. The highest BCUT2D eigenvalue weighted by molar-refractivity contribution is 6.39. The van der Waals surface area contributed by atoms with Crippen LogP contribution in [0.25, 0.3) is 0 Å². The Morgan fingerprint density at radius 3 is 2.68 bits per heavy atom. The largest absolute Gasteiger partial charge is 0.376 e. The number of hydrogen-bond donors (Lipinski definition) is 2. The number of para-hydroxylation sites is 1. The maximum atomic E-state index is 6.14. The fourth-order valence-corrected chi connectivity index (χ4v) is 2.78. The van der Waals surface area contributed by atoms with Crippen LogP contribution in [0.4, 0.5) is 17.3 Å². The van der Waals surface area contributed by atoms with Gasteiger partial charge in [-0.3, -0.25) is 0 Å². The van der Waals surface area contributed by atoms with Crippen molar-refractivity contribution in [3.63, 3.8) is 0 Å². The Kier molecular flexibility index (Phi) is 4.97. The molecule has 1 saturated heterocycles. The van der Waals surface area contributed by atoms with Crippen molar-refractivity contribution in [3.05, 3.63) is 40.6 Å². The third kappa shape index (κ3) is 3.80. The van der Waals surface area contributed by atoms with Crippen molar-refractivity contribution in [2.45, 2.75) is 18.9 Å². The van der Waals surface area contributed by atoms with Gasteiger partial charge in [-0.1, -0.05) is 29.3 Å². The summed E-state index contributed by atoms with van der Waals surface area (Å²) in [5.41, 5.74) is 0.634. The number of nitrogens with zero attached hydrogens (tertiary/aromatic N) is 2. The SMILES string of the molecule is Clc1cccc(Cl)c1Nc1cc(NCC2CCCO2)ncn1. The second-order valence-corrected chi connectivity index (χ2v) is 5.84. The lowest BCUT2D eigenvalue weighted by atomic mass is 10.2. The van der Waals surface area contributed by atoms with Crippen molar-refractivity contribution in [1.29, 1.82) is 0 Å². The normalized spacial score (nSPS) is 17.5. The molecule has 2 heterocycles. The standard InChI is InChI=1S/C15H16Cl2N4O/c16-11-4-1-5-12(17)15(11)21-14-7-13(19-9-20-14)18-8-10-3-2-6-22-10/h1,4-5,7,9-10H,2-3,6,8H2,(H2,18,19,20,21). The van der Waals surface area contributed by atoms with Crippen molar-refractivity contribution < 1.29 is 4.74 Å². The van der Waals surface area contributed by atoms with Gasteiger partial charge >= 0.3 is 0 Å². The Hall–Kier alpha value is -1.56. The van der Waals surface area contributed by atoms with Crippen LogP contribution in [0.2, 0.25) is 10.0 Å². The summed E-state index contributed by atoms with van der Waals surface area (Å²) >= 11 is 12.3. The van der Waals surface area contributed by atoms with Crippen LogP contribution in [0.1, 0.15) is 12.8 Å². The van der Waals surface area contributed by atoms with Gasteiger partial charge in [0, 0.05) is 19.2 Å². The predicted octanol–water partition coefficient (Wildman–Crippen LogP) is 4.12. The minimum Gasteiger partial charge on any atom is -0.376 e. The number of rotatable bonds is 5. The zero-order valence-electron chi connectivity index (χ0n) is 11.9. The van der Waals surface area contributed by atoms with Crippen molar-refractivity contribution in [2.75, 3.05) is 23.8 Å². The smallest absolute Gasteiger partial charge is 0.135 e. The van der Waals surface area contributed by atoms with Gasteiger partial charge in [0.15, 0.2) is 0 Å². The van der Waals surface area contributed by atoms with Gasteiger partial charge in [0.2, 0.25) is 0 Å². The van der Waals surface area contributed by atoms with E-state index in [2.05, 4.69) is 20.6 Å². The molecular weight excluding hydrogens is 323 g/mol. The van der Waals surface area contributed by atoms with E-state index in [1.54, 1.807) is 18.2 Å². The average molecular weight is 339 g/mol. The summed E-state index contributed by atoms with van der Waals surface area (Å²) in [4.78, 5) is 8.39. The first-order chi connectivity index (χ1) is 10.7. The molecule has 2 N–H and O–H groups in total. The summed E-state index contributed by atoms with van der Waals surface area (Å²) in [5, 5.41) is 7.47. The molecule has 0 amide bonds. The minimum absolute atomic E-state index is 0.254. The van der Waals surface area contributed by atoms with Crippen molar-refractivity contribution >= 4 is 40.5 Å². The lowest BCUT2D eigenvalue weighted by Crippen LogP contribution is -2.19. The van der Waals surface area contributed by atoms with Gasteiger partial charge in [-0.15, -0.1) is 0 Å². The molecule has 5 nitrogen and oxygen atoms in total. The Morgan fingerprint density at radius 2 is 1.95 bits per heavy atom. The molecule has 116 valence electrons. The molecular formula is C15H16Cl2N4O. The zero-order valence-corrected chi connectivity index (χ0v) is 13.4. The molecule has 0 aliphatic carbocycles. The molecule has 0 saturated carbocycles. The highest BCUT2D eigenvalue weighted by Gasteiger charge is 2.15. The molecule has 0 spiro atoms. The van der Waals surface area contributed by atoms with Crippen LogP contribution in [-0.4, -0.2) is 29.2 Å². The third-order valence-corrected chi connectivity index (χ3v) is 4.05. The summed E-state index contributed by atoms with van der Waals surface area (Å²) < 4.78 is 5.58. The van der Waals surface area contributed by atoms with E-state index in [1.807, 2.05) is 6.07 Å². The second kappa shape index (κ2) is 7.13. The van der Waals surface area contributed by atoms with Gasteiger partial charge in [-0.2, -0.15) is 0 Å². The monoisotopic (exact) mass is 338 g/mol. The molecule has 7 heteroatoms. The third-order valence-electron chi connectivity index (χ3n) is 3.42. The zero-order chi connectivity index (χ0) is 15.4. The first-order valence-electron chi connectivity index (χ1n) is 7.11. The molecule has 0 radical (unpaired) electrons. The van der Waals surface area contributed by atoms with Crippen LogP contribution < -0.4 is 10.6 Å². The quantitative estimate of drug-likeness (QED) is 0.858. The Labute approximate surface area is 139 Å². The molecule has 1 aromatic heterocycles. The van der Waals surface area contributed by atoms with E-state index in [0.29, 0.717) is 21.6 Å². The fourth-order valence-electron chi connectivity index (χ4n) is 2.29. The van der Waals surface area contributed by atoms with Crippen LogP contribution in [0.5, 0.6) is 0 Å². The van der Waals surface area contributed by atoms with Crippen molar-refractivity contribution in [2.24, 2.45) is 0 Å². The number of halogens is 2. The summed E-state index contributed by atoms with van der Waals surface area (Å²) in [6, 6.07) is 7.15. The van der Waals surface area contributed by atoms with E-state index in [1.165, 1.54) is 6.33 Å². The first-order valence-corrected chi connectivity index (χ1v) is 7.86. The predicted molar refractivity (Wildman–Crippen MR) is 89.2 cm³/mol. The highest BCUT2D eigenvalue weighted by atomic mass is 35.5. The van der Waals surface area contributed by atoms with Crippen LogP contribution in [0.3, 0.4) is 0 Å². The minimum atomic E-state index is 0.254. The number of ether oxygens (including phenoxy) is 1. The van der Waals surface area contributed by atoms with E-state index in [0.717, 1.165) is 31.8 Å². The van der Waals surface area contributed by atoms with Gasteiger partial charge in [0.1, 0.15) is 18.0 Å². The summed E-state index contributed by atoms with van der Waals surface area (Å²) in [5.74, 6) is 1.36. The van der Waals surface area contributed by atoms with Crippen LogP contribution in [0.15, 0.2) is 30.6 Å². The molecule has 1 aliphatic heterocycles. The van der Waals surface area contributed by atoms with Crippen molar-refractivity contribution in [1.82, 2.24) is 9.97 Å². The maximum Gasteiger partial charge on any atom is 0.135 e. The molecule has 3 rings (SSSR count). The number of hydrogen-bond acceptors (Lipinski definition) is 5. The summed E-state index contributed by atoms with van der Waals surface area (Å²) in [7, 11) is 0. The average Bonchev–Trinajstić information content (AvgIpc) is 3.03. The maximum absolute atomic E-state index is 6.14. The van der Waals surface area contributed by atoms with Crippen molar-refractivity contribution in [3.8, 4) is 0 Å². The van der Waals surface area contributed by atoms with Gasteiger partial charge in [-0.25, -0.2) is 9.97 Å². The lowest BCUT2D eigenvalue weighted by Gasteiger charge is -2.13. The Bertz CT molecular complexity index is 627.